The number of hydrogen-bond donors (Lipinski definition) is 2. The number of methoxy groups -OCH3 is 1. The Hall–Kier alpha value is -3.04. The number of H-pyrrole nitrogens is 1. The lowest BCUT2D eigenvalue weighted by Crippen LogP contribution is -2.43. The number of hydrogen-bond acceptors (Lipinski definition) is 6. The van der Waals surface area contributed by atoms with Gasteiger partial charge in [-0.05, 0) is 29.3 Å². The zero-order valence-corrected chi connectivity index (χ0v) is 19.1. The van der Waals surface area contributed by atoms with Crippen LogP contribution in [0.4, 0.5) is 11.5 Å². The van der Waals surface area contributed by atoms with Crippen molar-refractivity contribution >= 4 is 39.9 Å². The Bertz CT molecular complexity index is 1200. The Morgan fingerprint density at radius 2 is 1.94 bits per heavy atom. The zero-order chi connectivity index (χ0) is 23.1. The molecule has 0 aliphatic heterocycles. The molecule has 0 saturated heterocycles. The number of benzene rings is 2. The van der Waals surface area contributed by atoms with Gasteiger partial charge >= 0.3 is 5.69 Å². The number of rotatable bonds is 10. The second kappa shape index (κ2) is 11.0. The van der Waals surface area contributed by atoms with E-state index in [1.165, 1.54) is 28.3 Å². The number of nitrogens with two attached hydrogens (primary N) is 1. The first-order valence-electron chi connectivity index (χ1n) is 10.5. The molecule has 8 nitrogen and oxygen atoms in total. The predicted octanol–water partition coefficient (Wildman–Crippen LogP) is 2.84. The van der Waals surface area contributed by atoms with Crippen LogP contribution in [0.3, 0.4) is 0 Å². The largest absolute Gasteiger partial charge is 0.383 e. The van der Waals surface area contributed by atoms with Gasteiger partial charge in [0.15, 0.2) is 5.69 Å². The third kappa shape index (κ3) is 5.41. The first kappa shape index (κ1) is 23.6. The lowest BCUT2D eigenvalue weighted by Gasteiger charge is -2.24. The summed E-state index contributed by atoms with van der Waals surface area (Å²) in [6.45, 7) is 2.72. The number of anilines is 2. The van der Waals surface area contributed by atoms with E-state index in [0.717, 1.165) is 28.5 Å². The third-order valence-electron chi connectivity index (χ3n) is 5.12. The number of thioether (sulfide) groups is 1. The number of nitrogens with one attached hydrogen (secondary N) is 1. The minimum atomic E-state index is -0.680. The molecule has 1 aromatic heterocycles. The molecule has 9 heteroatoms. The summed E-state index contributed by atoms with van der Waals surface area (Å²) in [4.78, 5) is 42.6. The smallest absolute Gasteiger partial charge is 0.330 e. The molecule has 0 spiro atoms. The second-order valence-corrected chi connectivity index (χ2v) is 8.38. The van der Waals surface area contributed by atoms with E-state index < -0.39 is 11.2 Å². The molecule has 0 bridgehead atoms. The van der Waals surface area contributed by atoms with Crippen LogP contribution in [-0.4, -0.2) is 41.5 Å². The Kier molecular flexibility index (Phi) is 8.13. The van der Waals surface area contributed by atoms with Crippen molar-refractivity contribution in [3.63, 3.8) is 0 Å². The van der Waals surface area contributed by atoms with Gasteiger partial charge in [-0.15, -0.1) is 11.8 Å². The van der Waals surface area contributed by atoms with Crippen molar-refractivity contribution in [3.05, 3.63) is 63.3 Å². The maximum atomic E-state index is 13.2. The normalized spacial score (nSPS) is 11.1. The average molecular weight is 457 g/mol. The molecule has 0 saturated carbocycles. The number of carbonyl (C=O) groups excluding carboxylic acids is 1. The van der Waals surface area contributed by atoms with Crippen LogP contribution < -0.4 is 21.9 Å². The van der Waals surface area contributed by atoms with Gasteiger partial charge in [-0.2, -0.15) is 0 Å². The molecule has 0 unspecified atom stereocenters. The fraction of sp³-hybridized carbons (Fsp3) is 0.348. The van der Waals surface area contributed by atoms with E-state index in [1.807, 2.05) is 49.4 Å². The van der Waals surface area contributed by atoms with Crippen LogP contribution in [0.5, 0.6) is 0 Å². The molecule has 1 heterocycles. The van der Waals surface area contributed by atoms with Gasteiger partial charge in [0.2, 0.25) is 5.91 Å². The molecular formula is C23H28N4O4S. The maximum absolute atomic E-state index is 13.2. The fourth-order valence-corrected chi connectivity index (χ4v) is 4.22. The molecular weight excluding hydrogens is 428 g/mol. The highest BCUT2D eigenvalue weighted by Crippen LogP contribution is 2.25. The van der Waals surface area contributed by atoms with E-state index in [2.05, 4.69) is 4.98 Å². The summed E-state index contributed by atoms with van der Waals surface area (Å²) in [6.07, 6.45) is 1.58. The summed E-state index contributed by atoms with van der Waals surface area (Å²) in [5, 5.41) is 2.21. The van der Waals surface area contributed by atoms with Crippen LogP contribution >= 0.6 is 11.8 Å². The molecule has 1 amide bonds. The number of fused-ring (bicyclic) bond motifs is 1. The molecule has 3 N–H and O–H groups in total. The highest BCUT2D eigenvalue weighted by atomic mass is 32.2. The number of unbranched alkanes of at least 4 members (excludes halogenated alkanes) is 1. The molecule has 0 radical (unpaired) electrons. The molecule has 170 valence electrons. The molecule has 0 aliphatic carbocycles. The number of nitrogen functional groups attached to an aromatic ring is 1. The van der Waals surface area contributed by atoms with E-state index >= 15 is 0 Å². The van der Waals surface area contributed by atoms with Gasteiger partial charge in [-0.3, -0.25) is 19.1 Å². The van der Waals surface area contributed by atoms with Gasteiger partial charge in [0.05, 0.1) is 12.4 Å². The lowest BCUT2D eigenvalue weighted by molar-refractivity contribution is -0.116. The molecule has 32 heavy (non-hydrogen) atoms. The van der Waals surface area contributed by atoms with Crippen LogP contribution in [0.2, 0.25) is 0 Å². The standard InChI is InChI=1S/C23H28N4O4S/c1-3-4-11-27-21(24)20(22(29)25-23(27)30)26(12-13-31-2)19(28)15-32-18-10-9-16-7-5-6-8-17(16)14-18/h5-10,14H,3-4,11-13,15,24H2,1-2H3,(H,25,29,30). The summed E-state index contributed by atoms with van der Waals surface area (Å²) in [7, 11) is 1.52. The van der Waals surface area contributed by atoms with Crippen LogP contribution in [-0.2, 0) is 16.1 Å². The topological polar surface area (TPSA) is 110 Å². The van der Waals surface area contributed by atoms with Crippen LogP contribution in [0.1, 0.15) is 19.8 Å². The summed E-state index contributed by atoms with van der Waals surface area (Å²) < 4.78 is 6.44. The van der Waals surface area contributed by atoms with Gasteiger partial charge in [0.25, 0.3) is 5.56 Å². The number of carbonyl (C=O) groups is 1. The Labute approximate surface area is 190 Å². The maximum Gasteiger partial charge on any atom is 0.330 e. The molecule has 3 rings (SSSR count). The third-order valence-corrected chi connectivity index (χ3v) is 6.10. The summed E-state index contributed by atoms with van der Waals surface area (Å²) in [5.74, 6) is -0.194. The highest BCUT2D eigenvalue weighted by Gasteiger charge is 2.24. The van der Waals surface area contributed by atoms with Gasteiger partial charge < -0.3 is 15.4 Å². The van der Waals surface area contributed by atoms with Crippen molar-refractivity contribution in [1.82, 2.24) is 9.55 Å². The zero-order valence-electron chi connectivity index (χ0n) is 18.3. The number of ether oxygens (including phenoxy) is 1. The molecule has 0 aliphatic rings. The molecule has 3 aromatic rings. The highest BCUT2D eigenvalue weighted by molar-refractivity contribution is 8.00. The van der Waals surface area contributed by atoms with E-state index in [1.54, 1.807) is 0 Å². The Morgan fingerprint density at radius 3 is 2.66 bits per heavy atom. The molecule has 0 atom stereocenters. The SMILES string of the molecule is CCCCn1c(N)c(N(CCOC)C(=O)CSc2ccc3ccccc3c2)c(=O)[nH]c1=O. The van der Waals surface area contributed by atoms with Crippen LogP contribution in [0.15, 0.2) is 56.9 Å². The van der Waals surface area contributed by atoms with Crippen molar-refractivity contribution in [2.75, 3.05) is 36.6 Å². The molecule has 0 fully saturated rings. The van der Waals surface area contributed by atoms with E-state index in [-0.39, 0.29) is 36.3 Å². The van der Waals surface area contributed by atoms with E-state index in [9.17, 15) is 14.4 Å². The number of amides is 1. The van der Waals surface area contributed by atoms with Crippen molar-refractivity contribution < 1.29 is 9.53 Å². The first-order valence-corrected chi connectivity index (χ1v) is 11.5. The minimum absolute atomic E-state index is 0.00708. The Balaban J connectivity index is 1.87. The number of aromatic nitrogens is 2. The second-order valence-electron chi connectivity index (χ2n) is 7.33. The summed E-state index contributed by atoms with van der Waals surface area (Å²) in [5.41, 5.74) is 4.94. The van der Waals surface area contributed by atoms with Gasteiger partial charge in [0, 0.05) is 25.1 Å². The van der Waals surface area contributed by atoms with Gasteiger partial charge in [0.1, 0.15) is 5.82 Å². The quantitative estimate of drug-likeness (QED) is 0.454. The van der Waals surface area contributed by atoms with Crippen molar-refractivity contribution in [1.29, 1.82) is 0 Å². The monoisotopic (exact) mass is 456 g/mol. The van der Waals surface area contributed by atoms with E-state index in [4.69, 9.17) is 10.5 Å². The minimum Gasteiger partial charge on any atom is -0.383 e. The predicted molar refractivity (Wildman–Crippen MR) is 130 cm³/mol. The van der Waals surface area contributed by atoms with Crippen molar-refractivity contribution in [3.8, 4) is 0 Å². The van der Waals surface area contributed by atoms with Crippen LogP contribution in [0.25, 0.3) is 10.8 Å². The van der Waals surface area contributed by atoms with Crippen LogP contribution in [0, 0.1) is 0 Å². The van der Waals surface area contributed by atoms with Crippen molar-refractivity contribution in [2.45, 2.75) is 31.2 Å². The fourth-order valence-electron chi connectivity index (χ4n) is 3.40. The Morgan fingerprint density at radius 1 is 1.19 bits per heavy atom. The lowest BCUT2D eigenvalue weighted by atomic mass is 10.1. The van der Waals surface area contributed by atoms with Gasteiger partial charge in [-0.25, -0.2) is 4.79 Å². The van der Waals surface area contributed by atoms with E-state index in [0.29, 0.717) is 6.54 Å². The first-order chi connectivity index (χ1) is 15.5. The number of aromatic amines is 1. The summed E-state index contributed by atoms with van der Waals surface area (Å²) >= 11 is 1.38. The molecule has 2 aromatic carbocycles. The van der Waals surface area contributed by atoms with Crippen molar-refractivity contribution in [2.24, 2.45) is 0 Å². The van der Waals surface area contributed by atoms with Gasteiger partial charge in [-0.1, -0.05) is 43.7 Å². The summed E-state index contributed by atoms with van der Waals surface area (Å²) in [6, 6.07) is 14.0. The average Bonchev–Trinajstić information content (AvgIpc) is 2.79. The number of nitrogens with zero attached hydrogens (tertiary/aromatic N) is 2.